The Kier molecular flexibility index (Phi) is 5.68. The molecule has 0 saturated carbocycles. The van der Waals surface area contributed by atoms with Crippen LogP contribution in [-0.4, -0.2) is 16.3 Å². The Morgan fingerprint density at radius 1 is 1.20 bits per heavy atom. The SMILES string of the molecule is CCNCc1ccc(SCc2ccn(C(C)C)n2)cc1. The number of hydrogen-bond acceptors (Lipinski definition) is 3. The van der Waals surface area contributed by atoms with Crippen LogP contribution in [0.2, 0.25) is 0 Å². The Morgan fingerprint density at radius 3 is 2.55 bits per heavy atom. The summed E-state index contributed by atoms with van der Waals surface area (Å²) in [6.45, 7) is 8.37. The summed E-state index contributed by atoms with van der Waals surface area (Å²) >= 11 is 1.83. The van der Waals surface area contributed by atoms with E-state index >= 15 is 0 Å². The first kappa shape index (κ1) is 15.1. The van der Waals surface area contributed by atoms with Crippen molar-refractivity contribution >= 4 is 11.8 Å². The van der Waals surface area contributed by atoms with E-state index in [1.165, 1.54) is 10.5 Å². The minimum absolute atomic E-state index is 0.430. The largest absolute Gasteiger partial charge is 0.313 e. The van der Waals surface area contributed by atoms with Crippen LogP contribution in [0.25, 0.3) is 0 Å². The molecule has 0 radical (unpaired) electrons. The summed E-state index contributed by atoms with van der Waals surface area (Å²) in [5, 5.41) is 7.90. The van der Waals surface area contributed by atoms with E-state index in [1.54, 1.807) is 0 Å². The lowest BCUT2D eigenvalue weighted by molar-refractivity contribution is 0.529. The van der Waals surface area contributed by atoms with Crippen molar-refractivity contribution in [2.24, 2.45) is 0 Å². The van der Waals surface area contributed by atoms with Gasteiger partial charge in [-0.05, 0) is 44.2 Å². The van der Waals surface area contributed by atoms with E-state index in [-0.39, 0.29) is 0 Å². The number of nitrogens with zero attached hydrogens (tertiary/aromatic N) is 2. The van der Waals surface area contributed by atoms with Crippen molar-refractivity contribution < 1.29 is 0 Å². The first-order valence-electron chi connectivity index (χ1n) is 7.15. The van der Waals surface area contributed by atoms with Gasteiger partial charge in [-0.15, -0.1) is 11.8 Å². The molecular weight excluding hydrogens is 266 g/mol. The van der Waals surface area contributed by atoms with Crippen molar-refractivity contribution in [2.45, 2.75) is 44.0 Å². The third-order valence-electron chi connectivity index (χ3n) is 3.08. The van der Waals surface area contributed by atoms with Crippen LogP contribution < -0.4 is 5.32 Å². The molecule has 0 unspecified atom stereocenters. The van der Waals surface area contributed by atoms with Crippen LogP contribution in [0.3, 0.4) is 0 Å². The molecule has 0 aliphatic heterocycles. The lowest BCUT2D eigenvalue weighted by atomic mass is 10.2. The Labute approximate surface area is 125 Å². The van der Waals surface area contributed by atoms with Crippen molar-refractivity contribution in [2.75, 3.05) is 6.54 Å². The molecule has 2 rings (SSSR count). The number of nitrogens with one attached hydrogen (secondary N) is 1. The predicted octanol–water partition coefficient (Wildman–Crippen LogP) is 3.87. The summed E-state index contributed by atoms with van der Waals surface area (Å²) in [6.07, 6.45) is 2.06. The third kappa shape index (κ3) is 4.39. The van der Waals surface area contributed by atoms with Gasteiger partial charge in [0, 0.05) is 29.4 Å². The summed E-state index contributed by atoms with van der Waals surface area (Å²) in [6, 6.07) is 11.3. The minimum atomic E-state index is 0.430. The maximum atomic E-state index is 4.57. The first-order valence-corrected chi connectivity index (χ1v) is 8.14. The maximum Gasteiger partial charge on any atom is 0.0727 e. The van der Waals surface area contributed by atoms with E-state index in [1.807, 2.05) is 16.4 Å². The quantitative estimate of drug-likeness (QED) is 0.785. The highest BCUT2D eigenvalue weighted by atomic mass is 32.2. The lowest BCUT2D eigenvalue weighted by Gasteiger charge is -2.05. The van der Waals surface area contributed by atoms with Crippen LogP contribution in [0.1, 0.15) is 38.1 Å². The van der Waals surface area contributed by atoms with E-state index in [4.69, 9.17) is 0 Å². The zero-order chi connectivity index (χ0) is 14.4. The highest BCUT2D eigenvalue weighted by molar-refractivity contribution is 7.98. The zero-order valence-electron chi connectivity index (χ0n) is 12.5. The minimum Gasteiger partial charge on any atom is -0.313 e. The van der Waals surface area contributed by atoms with Crippen LogP contribution in [0.15, 0.2) is 41.4 Å². The zero-order valence-corrected chi connectivity index (χ0v) is 13.3. The molecule has 0 atom stereocenters. The Hall–Kier alpha value is -1.26. The fourth-order valence-electron chi connectivity index (χ4n) is 1.87. The Morgan fingerprint density at radius 2 is 1.95 bits per heavy atom. The van der Waals surface area contributed by atoms with Crippen LogP contribution in [0, 0.1) is 0 Å². The van der Waals surface area contributed by atoms with Gasteiger partial charge < -0.3 is 5.32 Å². The van der Waals surface area contributed by atoms with E-state index in [2.05, 4.69) is 67.7 Å². The van der Waals surface area contributed by atoms with Crippen molar-refractivity contribution in [1.29, 1.82) is 0 Å². The fraction of sp³-hybridized carbons (Fsp3) is 0.438. The standard InChI is InChI=1S/C16H23N3S/c1-4-17-11-14-5-7-16(8-6-14)20-12-15-9-10-19(18-15)13(2)3/h5-10,13,17H,4,11-12H2,1-3H3. The van der Waals surface area contributed by atoms with E-state index in [0.717, 1.165) is 24.5 Å². The van der Waals surface area contributed by atoms with E-state index in [9.17, 15) is 0 Å². The molecule has 20 heavy (non-hydrogen) atoms. The van der Waals surface area contributed by atoms with E-state index in [0.29, 0.717) is 6.04 Å². The highest BCUT2D eigenvalue weighted by Crippen LogP contribution is 2.22. The Balaban J connectivity index is 1.86. The van der Waals surface area contributed by atoms with Gasteiger partial charge in [0.1, 0.15) is 0 Å². The smallest absolute Gasteiger partial charge is 0.0727 e. The summed E-state index contributed by atoms with van der Waals surface area (Å²) in [7, 11) is 0. The maximum absolute atomic E-state index is 4.57. The second kappa shape index (κ2) is 7.50. The van der Waals surface area contributed by atoms with Gasteiger partial charge in [-0.3, -0.25) is 4.68 Å². The van der Waals surface area contributed by atoms with Gasteiger partial charge in [0.2, 0.25) is 0 Å². The fourth-order valence-corrected chi connectivity index (χ4v) is 2.67. The van der Waals surface area contributed by atoms with E-state index < -0.39 is 0 Å². The molecule has 0 saturated heterocycles. The Bertz CT molecular complexity index is 517. The molecule has 108 valence electrons. The molecule has 1 N–H and O–H groups in total. The summed E-state index contributed by atoms with van der Waals surface area (Å²) < 4.78 is 2.01. The summed E-state index contributed by atoms with van der Waals surface area (Å²) in [5.41, 5.74) is 2.47. The molecule has 3 nitrogen and oxygen atoms in total. The van der Waals surface area contributed by atoms with Crippen LogP contribution in [0.4, 0.5) is 0 Å². The number of thioether (sulfide) groups is 1. The number of benzene rings is 1. The first-order chi connectivity index (χ1) is 9.69. The molecular formula is C16H23N3S. The van der Waals surface area contributed by atoms with Gasteiger partial charge in [-0.1, -0.05) is 19.1 Å². The van der Waals surface area contributed by atoms with Gasteiger partial charge in [-0.2, -0.15) is 5.10 Å². The predicted molar refractivity (Wildman–Crippen MR) is 86.0 cm³/mol. The van der Waals surface area contributed by atoms with Crippen LogP contribution >= 0.6 is 11.8 Å². The van der Waals surface area contributed by atoms with Crippen LogP contribution in [-0.2, 0) is 12.3 Å². The van der Waals surface area contributed by atoms with Gasteiger partial charge in [-0.25, -0.2) is 0 Å². The molecule has 1 heterocycles. The molecule has 0 amide bonds. The molecule has 1 aromatic heterocycles. The topological polar surface area (TPSA) is 29.9 Å². The van der Waals surface area contributed by atoms with Crippen molar-refractivity contribution in [3.05, 3.63) is 47.8 Å². The van der Waals surface area contributed by atoms with Crippen molar-refractivity contribution in [3.8, 4) is 0 Å². The monoisotopic (exact) mass is 289 g/mol. The molecule has 0 aliphatic carbocycles. The average Bonchev–Trinajstić information content (AvgIpc) is 2.93. The average molecular weight is 289 g/mol. The molecule has 0 spiro atoms. The van der Waals surface area contributed by atoms with Gasteiger partial charge in [0.25, 0.3) is 0 Å². The second-order valence-electron chi connectivity index (χ2n) is 5.09. The number of rotatable bonds is 7. The molecule has 0 bridgehead atoms. The van der Waals surface area contributed by atoms with Crippen molar-refractivity contribution in [3.63, 3.8) is 0 Å². The highest BCUT2D eigenvalue weighted by Gasteiger charge is 2.03. The lowest BCUT2D eigenvalue weighted by Crippen LogP contribution is -2.11. The molecule has 4 heteroatoms. The molecule has 1 aromatic carbocycles. The number of aromatic nitrogens is 2. The summed E-state index contributed by atoms with van der Waals surface area (Å²) in [5.74, 6) is 0.923. The van der Waals surface area contributed by atoms with Gasteiger partial charge in [0.05, 0.1) is 5.69 Å². The number of hydrogen-bond donors (Lipinski definition) is 1. The summed E-state index contributed by atoms with van der Waals surface area (Å²) in [4.78, 5) is 1.30. The van der Waals surface area contributed by atoms with Crippen molar-refractivity contribution in [1.82, 2.24) is 15.1 Å². The van der Waals surface area contributed by atoms with Gasteiger partial charge >= 0.3 is 0 Å². The third-order valence-corrected chi connectivity index (χ3v) is 4.13. The van der Waals surface area contributed by atoms with Gasteiger partial charge in [0.15, 0.2) is 0 Å². The molecule has 2 aromatic rings. The second-order valence-corrected chi connectivity index (χ2v) is 6.14. The van der Waals surface area contributed by atoms with Crippen LogP contribution in [0.5, 0.6) is 0 Å². The normalized spacial score (nSPS) is 11.2. The molecule has 0 fully saturated rings. The molecule has 0 aliphatic rings.